The number of benzene rings is 2. The molecule has 6 heteroatoms. The molecule has 1 amide bonds. The fourth-order valence-corrected chi connectivity index (χ4v) is 3.84. The number of para-hydroxylation sites is 2. The number of hydrogen-bond donors (Lipinski definition) is 1. The van der Waals surface area contributed by atoms with Crippen molar-refractivity contribution in [3.8, 4) is 5.69 Å². The Hall–Kier alpha value is -2.60. The third-order valence-corrected chi connectivity index (χ3v) is 5.25. The maximum Gasteiger partial charge on any atom is 0.266 e. The van der Waals surface area contributed by atoms with Crippen molar-refractivity contribution in [1.82, 2.24) is 14.9 Å². The lowest BCUT2D eigenvalue weighted by atomic mass is 10.1. The van der Waals surface area contributed by atoms with Crippen molar-refractivity contribution in [1.29, 1.82) is 0 Å². The predicted octanol–water partition coefficient (Wildman–Crippen LogP) is 3.62. The average molecular weight is 382 g/mol. The van der Waals surface area contributed by atoms with Crippen LogP contribution in [0.3, 0.4) is 0 Å². The van der Waals surface area contributed by atoms with Gasteiger partial charge in [-0.15, -0.1) is 0 Å². The van der Waals surface area contributed by atoms with Gasteiger partial charge in [0.1, 0.15) is 0 Å². The number of nitrogens with one attached hydrogen (secondary N) is 1. The molecule has 0 spiro atoms. The van der Waals surface area contributed by atoms with E-state index in [0.717, 1.165) is 23.2 Å². The molecule has 0 saturated heterocycles. The average Bonchev–Trinajstić information content (AvgIpc) is 2.66. The lowest BCUT2D eigenvalue weighted by Crippen LogP contribution is -2.27. The molecule has 140 valence electrons. The van der Waals surface area contributed by atoms with Crippen LogP contribution in [0.15, 0.2) is 52.4 Å². The van der Waals surface area contributed by atoms with Crippen molar-refractivity contribution >= 4 is 28.6 Å². The summed E-state index contributed by atoms with van der Waals surface area (Å²) < 4.78 is 1.64. The SMILES string of the molecule is CCCNC(=O)CSc1nc2ccccc2c(=O)n1-c1c(C)cccc1C. The normalized spacial score (nSPS) is 10.9. The number of aromatic nitrogens is 2. The lowest BCUT2D eigenvalue weighted by Gasteiger charge is -2.17. The molecule has 27 heavy (non-hydrogen) atoms. The highest BCUT2D eigenvalue weighted by molar-refractivity contribution is 7.99. The Morgan fingerprint density at radius 1 is 1.11 bits per heavy atom. The molecule has 0 saturated carbocycles. The molecule has 3 aromatic rings. The van der Waals surface area contributed by atoms with Gasteiger partial charge in [-0.05, 0) is 43.5 Å². The van der Waals surface area contributed by atoms with Gasteiger partial charge in [-0.25, -0.2) is 4.98 Å². The van der Waals surface area contributed by atoms with E-state index >= 15 is 0 Å². The summed E-state index contributed by atoms with van der Waals surface area (Å²) in [6.07, 6.45) is 0.887. The van der Waals surface area contributed by atoms with Crippen LogP contribution in [-0.4, -0.2) is 27.8 Å². The Balaban J connectivity index is 2.14. The molecule has 5 nitrogen and oxygen atoms in total. The summed E-state index contributed by atoms with van der Waals surface area (Å²) in [6, 6.07) is 13.2. The first-order chi connectivity index (χ1) is 13.0. The Bertz CT molecular complexity index is 1020. The quantitative estimate of drug-likeness (QED) is 0.523. The zero-order valence-corrected chi connectivity index (χ0v) is 16.6. The van der Waals surface area contributed by atoms with Crippen LogP contribution in [0.4, 0.5) is 0 Å². The van der Waals surface area contributed by atoms with E-state index in [1.165, 1.54) is 11.8 Å². The van der Waals surface area contributed by atoms with Crippen LogP contribution >= 0.6 is 11.8 Å². The molecule has 0 aliphatic carbocycles. The van der Waals surface area contributed by atoms with Crippen LogP contribution in [0.1, 0.15) is 24.5 Å². The first kappa shape index (κ1) is 19.2. The van der Waals surface area contributed by atoms with E-state index < -0.39 is 0 Å². The van der Waals surface area contributed by atoms with E-state index in [9.17, 15) is 9.59 Å². The summed E-state index contributed by atoms with van der Waals surface area (Å²) in [5.74, 6) is 0.160. The highest BCUT2D eigenvalue weighted by Crippen LogP contribution is 2.25. The monoisotopic (exact) mass is 381 g/mol. The third-order valence-electron chi connectivity index (χ3n) is 4.31. The van der Waals surface area contributed by atoms with E-state index in [1.54, 1.807) is 10.6 Å². The number of carbonyl (C=O) groups is 1. The van der Waals surface area contributed by atoms with Gasteiger partial charge in [-0.3, -0.25) is 14.2 Å². The predicted molar refractivity (Wildman–Crippen MR) is 111 cm³/mol. The van der Waals surface area contributed by atoms with Gasteiger partial charge < -0.3 is 5.32 Å². The van der Waals surface area contributed by atoms with Crippen molar-refractivity contribution < 1.29 is 4.79 Å². The summed E-state index contributed by atoms with van der Waals surface area (Å²) in [5, 5.41) is 3.96. The van der Waals surface area contributed by atoms with Gasteiger partial charge in [-0.1, -0.05) is 49.0 Å². The first-order valence-electron chi connectivity index (χ1n) is 9.00. The molecule has 0 aliphatic heterocycles. The Morgan fingerprint density at radius 2 is 1.81 bits per heavy atom. The fourth-order valence-electron chi connectivity index (χ4n) is 3.01. The molecule has 0 aliphatic rings. The minimum atomic E-state index is -0.116. The van der Waals surface area contributed by atoms with Crippen molar-refractivity contribution in [2.75, 3.05) is 12.3 Å². The van der Waals surface area contributed by atoms with Gasteiger partial charge in [0.05, 0.1) is 22.3 Å². The second-order valence-corrected chi connectivity index (χ2v) is 7.37. The summed E-state index contributed by atoms with van der Waals surface area (Å²) in [7, 11) is 0. The largest absolute Gasteiger partial charge is 0.355 e. The molecule has 0 unspecified atom stereocenters. The minimum absolute atomic E-state index is 0.0580. The molecular formula is C21H23N3O2S. The molecule has 0 bridgehead atoms. The molecule has 1 N–H and O–H groups in total. The number of fused-ring (bicyclic) bond motifs is 1. The maximum atomic E-state index is 13.3. The lowest BCUT2D eigenvalue weighted by molar-refractivity contribution is -0.118. The summed E-state index contributed by atoms with van der Waals surface area (Å²) in [5.41, 5.74) is 3.34. The van der Waals surface area contributed by atoms with Gasteiger partial charge in [0.2, 0.25) is 5.91 Å². The van der Waals surface area contributed by atoms with Gasteiger partial charge in [0, 0.05) is 6.54 Å². The smallest absolute Gasteiger partial charge is 0.266 e. The number of thioether (sulfide) groups is 1. The Labute approximate surface area is 162 Å². The van der Waals surface area contributed by atoms with Crippen LogP contribution in [0.5, 0.6) is 0 Å². The maximum absolute atomic E-state index is 13.3. The second-order valence-electron chi connectivity index (χ2n) is 6.43. The van der Waals surface area contributed by atoms with E-state index in [-0.39, 0.29) is 17.2 Å². The van der Waals surface area contributed by atoms with Crippen molar-refractivity contribution in [2.45, 2.75) is 32.3 Å². The van der Waals surface area contributed by atoms with Crippen molar-refractivity contribution in [3.63, 3.8) is 0 Å². The minimum Gasteiger partial charge on any atom is -0.355 e. The van der Waals surface area contributed by atoms with Gasteiger partial charge in [0.15, 0.2) is 5.16 Å². The molecular weight excluding hydrogens is 358 g/mol. The molecule has 2 aromatic carbocycles. The number of amides is 1. The number of hydrogen-bond acceptors (Lipinski definition) is 4. The molecule has 0 radical (unpaired) electrons. The van der Waals surface area contributed by atoms with E-state index in [4.69, 9.17) is 4.98 Å². The topological polar surface area (TPSA) is 64.0 Å². The van der Waals surface area contributed by atoms with Crippen molar-refractivity contribution in [2.24, 2.45) is 0 Å². The number of carbonyl (C=O) groups excluding carboxylic acids is 1. The molecule has 3 rings (SSSR count). The number of nitrogens with zero attached hydrogens (tertiary/aromatic N) is 2. The standard InChI is InChI=1S/C21H23N3O2S/c1-4-12-22-18(25)13-27-21-23-17-11-6-5-10-16(17)20(26)24(21)19-14(2)8-7-9-15(19)3/h5-11H,4,12-13H2,1-3H3,(H,22,25). The molecule has 0 atom stereocenters. The second kappa shape index (κ2) is 8.39. The summed E-state index contributed by atoms with van der Waals surface area (Å²) in [6.45, 7) is 6.61. The Morgan fingerprint density at radius 3 is 2.52 bits per heavy atom. The van der Waals surface area contributed by atoms with Crippen molar-refractivity contribution in [3.05, 3.63) is 63.9 Å². The van der Waals surface area contributed by atoms with Crippen LogP contribution in [-0.2, 0) is 4.79 Å². The molecule has 0 fully saturated rings. The zero-order valence-electron chi connectivity index (χ0n) is 15.8. The summed E-state index contributed by atoms with van der Waals surface area (Å²) in [4.78, 5) is 30.0. The highest BCUT2D eigenvalue weighted by Gasteiger charge is 2.17. The molecule has 1 aromatic heterocycles. The number of rotatable bonds is 6. The highest BCUT2D eigenvalue weighted by atomic mass is 32.2. The van der Waals surface area contributed by atoms with E-state index in [2.05, 4.69) is 5.32 Å². The van der Waals surface area contributed by atoms with Gasteiger partial charge in [-0.2, -0.15) is 0 Å². The molecule has 1 heterocycles. The van der Waals surface area contributed by atoms with E-state index in [1.807, 2.05) is 57.2 Å². The Kier molecular flexibility index (Phi) is 5.96. The number of aryl methyl sites for hydroxylation is 2. The van der Waals surface area contributed by atoms with Crippen LogP contribution in [0.25, 0.3) is 16.6 Å². The fraction of sp³-hybridized carbons (Fsp3) is 0.286. The van der Waals surface area contributed by atoms with Crippen LogP contribution in [0.2, 0.25) is 0 Å². The summed E-state index contributed by atoms with van der Waals surface area (Å²) >= 11 is 1.29. The van der Waals surface area contributed by atoms with Gasteiger partial charge >= 0.3 is 0 Å². The third kappa shape index (κ3) is 4.06. The van der Waals surface area contributed by atoms with Crippen LogP contribution < -0.4 is 10.9 Å². The van der Waals surface area contributed by atoms with Gasteiger partial charge in [0.25, 0.3) is 5.56 Å². The van der Waals surface area contributed by atoms with Crippen LogP contribution in [0, 0.1) is 13.8 Å². The first-order valence-corrected chi connectivity index (χ1v) is 9.99. The zero-order chi connectivity index (χ0) is 19.4. The van der Waals surface area contributed by atoms with E-state index in [0.29, 0.717) is 22.6 Å².